The van der Waals surface area contributed by atoms with Gasteiger partial charge in [-0.05, 0) is 46.2 Å². The van der Waals surface area contributed by atoms with Crippen molar-refractivity contribution in [2.75, 3.05) is 0 Å². The fraction of sp³-hybridized carbons (Fsp3) is 0.158. The zero-order chi connectivity index (χ0) is 16.7. The van der Waals surface area contributed by atoms with Crippen LogP contribution in [0.3, 0.4) is 0 Å². The van der Waals surface area contributed by atoms with Crippen LogP contribution < -0.4 is 5.32 Å². The Morgan fingerprint density at radius 3 is 2.42 bits per heavy atom. The maximum Gasteiger partial charge on any atom is 0.330 e. The highest BCUT2D eigenvalue weighted by Gasteiger charge is 2.45. The molecule has 0 saturated heterocycles. The fourth-order valence-corrected chi connectivity index (χ4v) is 4.08. The minimum Gasteiger partial charge on any atom is -0.479 e. The Balaban J connectivity index is 1.64. The Morgan fingerprint density at radius 2 is 1.75 bits per heavy atom. The van der Waals surface area contributed by atoms with Gasteiger partial charge < -0.3 is 10.4 Å². The number of benzene rings is 2. The molecular weight excluding hydrogens is 322 g/mol. The summed E-state index contributed by atoms with van der Waals surface area (Å²) in [7, 11) is 0. The van der Waals surface area contributed by atoms with Crippen molar-refractivity contribution in [2.24, 2.45) is 0 Å². The number of rotatable bonds is 3. The first-order valence-corrected chi connectivity index (χ1v) is 8.55. The normalized spacial score (nSPS) is 15.2. The number of amides is 1. The van der Waals surface area contributed by atoms with E-state index in [0.717, 1.165) is 21.2 Å². The lowest BCUT2D eigenvalue weighted by Gasteiger charge is -2.25. The predicted octanol–water partition coefficient (Wildman–Crippen LogP) is 3.25. The van der Waals surface area contributed by atoms with Gasteiger partial charge in [0.2, 0.25) is 0 Å². The van der Waals surface area contributed by atoms with Crippen molar-refractivity contribution in [3.63, 3.8) is 0 Å². The van der Waals surface area contributed by atoms with Gasteiger partial charge in [0.15, 0.2) is 0 Å². The molecule has 0 unspecified atom stereocenters. The van der Waals surface area contributed by atoms with E-state index in [2.05, 4.69) is 5.32 Å². The molecule has 5 heteroatoms. The largest absolute Gasteiger partial charge is 0.479 e. The van der Waals surface area contributed by atoms with E-state index in [1.165, 1.54) is 0 Å². The monoisotopic (exact) mass is 337 g/mol. The number of carboxylic acids is 1. The molecule has 1 amide bonds. The summed E-state index contributed by atoms with van der Waals surface area (Å²) in [5.41, 5.74) is 1.17. The van der Waals surface area contributed by atoms with Crippen molar-refractivity contribution >= 4 is 33.3 Å². The lowest BCUT2D eigenvalue weighted by molar-refractivity contribution is -0.144. The van der Waals surface area contributed by atoms with E-state index in [9.17, 15) is 14.7 Å². The molecule has 1 aromatic heterocycles. The summed E-state index contributed by atoms with van der Waals surface area (Å²) in [5, 5.41) is 15.5. The van der Waals surface area contributed by atoms with Gasteiger partial charge in [0, 0.05) is 23.1 Å². The molecule has 0 spiro atoms. The van der Waals surface area contributed by atoms with Crippen LogP contribution in [0.2, 0.25) is 0 Å². The van der Waals surface area contributed by atoms with Crippen LogP contribution in [0.4, 0.5) is 0 Å². The van der Waals surface area contributed by atoms with Crippen molar-refractivity contribution < 1.29 is 14.7 Å². The number of hydrogen-bond acceptors (Lipinski definition) is 3. The van der Waals surface area contributed by atoms with E-state index in [0.29, 0.717) is 18.4 Å². The average molecular weight is 337 g/mol. The first-order chi connectivity index (χ1) is 11.6. The van der Waals surface area contributed by atoms with E-state index < -0.39 is 11.5 Å². The molecule has 0 radical (unpaired) electrons. The van der Waals surface area contributed by atoms with E-state index in [-0.39, 0.29) is 5.91 Å². The number of carbonyl (C=O) groups excluding carboxylic acids is 1. The number of aliphatic carboxylic acids is 1. The highest BCUT2D eigenvalue weighted by atomic mass is 32.1. The van der Waals surface area contributed by atoms with Crippen molar-refractivity contribution in [1.29, 1.82) is 0 Å². The van der Waals surface area contributed by atoms with Crippen LogP contribution in [0, 0.1) is 0 Å². The lowest BCUT2D eigenvalue weighted by atomic mass is 9.95. The number of thiophene rings is 1. The first kappa shape index (κ1) is 14.9. The van der Waals surface area contributed by atoms with Crippen LogP contribution >= 0.6 is 11.3 Å². The van der Waals surface area contributed by atoms with Gasteiger partial charge in [-0.2, -0.15) is 0 Å². The molecule has 0 aliphatic heterocycles. The van der Waals surface area contributed by atoms with E-state index >= 15 is 0 Å². The fourth-order valence-electron chi connectivity index (χ4n) is 3.31. The highest BCUT2D eigenvalue weighted by molar-refractivity contribution is 7.17. The van der Waals surface area contributed by atoms with Crippen molar-refractivity contribution in [1.82, 2.24) is 5.32 Å². The molecular formula is C19H15NO3S. The third-order valence-electron chi connectivity index (χ3n) is 4.58. The summed E-state index contributed by atoms with van der Waals surface area (Å²) in [6.07, 6.45) is 0.621. The number of carbonyl (C=O) groups is 2. The lowest BCUT2D eigenvalue weighted by Crippen LogP contribution is -2.55. The molecule has 24 heavy (non-hydrogen) atoms. The third kappa shape index (κ3) is 2.37. The smallest absolute Gasteiger partial charge is 0.330 e. The maximum absolute atomic E-state index is 12.7. The number of carboxylic acid groups (broad SMARTS) is 1. The van der Waals surface area contributed by atoms with Gasteiger partial charge in [0.25, 0.3) is 5.91 Å². The molecule has 1 aliphatic carbocycles. The maximum atomic E-state index is 12.7. The molecule has 0 bridgehead atoms. The van der Waals surface area contributed by atoms with Gasteiger partial charge in [0.1, 0.15) is 5.54 Å². The second-order valence-corrected chi connectivity index (χ2v) is 7.08. The topological polar surface area (TPSA) is 66.4 Å². The van der Waals surface area contributed by atoms with Crippen molar-refractivity contribution in [2.45, 2.75) is 18.4 Å². The number of fused-ring (bicyclic) bond motifs is 2. The SMILES string of the molecule is O=C(NC1(C(=O)O)Cc2ccccc2C1)c1ccc2sccc2c1. The molecule has 0 fully saturated rings. The molecule has 1 aliphatic rings. The Kier molecular flexibility index (Phi) is 3.39. The summed E-state index contributed by atoms with van der Waals surface area (Å²) in [6, 6.07) is 15.0. The van der Waals surface area contributed by atoms with E-state index in [1.807, 2.05) is 41.8 Å². The van der Waals surface area contributed by atoms with E-state index in [1.54, 1.807) is 23.5 Å². The molecule has 3 aromatic rings. The van der Waals surface area contributed by atoms with Crippen LogP contribution in [-0.4, -0.2) is 22.5 Å². The van der Waals surface area contributed by atoms with Crippen LogP contribution in [-0.2, 0) is 17.6 Å². The van der Waals surface area contributed by atoms with Crippen molar-refractivity contribution in [3.05, 3.63) is 70.6 Å². The van der Waals surface area contributed by atoms with Gasteiger partial charge in [-0.1, -0.05) is 24.3 Å². The minimum atomic E-state index is -1.27. The van der Waals surface area contributed by atoms with Gasteiger partial charge in [-0.3, -0.25) is 4.79 Å². The summed E-state index contributed by atoms with van der Waals surface area (Å²) in [6.45, 7) is 0. The van der Waals surface area contributed by atoms with Gasteiger partial charge in [-0.15, -0.1) is 11.3 Å². The first-order valence-electron chi connectivity index (χ1n) is 7.67. The quantitative estimate of drug-likeness (QED) is 0.771. The standard InChI is InChI=1S/C19H15NO3S/c21-17(13-5-6-16-12(9-13)7-8-24-16)20-19(18(22)23)10-14-3-1-2-4-15(14)11-19/h1-9H,10-11H2,(H,20,21)(H,22,23). The molecule has 2 N–H and O–H groups in total. The molecule has 0 saturated carbocycles. The Bertz CT molecular complexity index is 935. The zero-order valence-electron chi connectivity index (χ0n) is 12.8. The highest BCUT2D eigenvalue weighted by Crippen LogP contribution is 2.31. The second-order valence-electron chi connectivity index (χ2n) is 6.14. The molecule has 4 nitrogen and oxygen atoms in total. The number of nitrogens with one attached hydrogen (secondary N) is 1. The van der Waals surface area contributed by atoms with Gasteiger partial charge in [-0.25, -0.2) is 4.79 Å². The van der Waals surface area contributed by atoms with E-state index in [4.69, 9.17) is 0 Å². The molecule has 2 aromatic carbocycles. The van der Waals surface area contributed by atoms with Gasteiger partial charge >= 0.3 is 5.97 Å². The second kappa shape index (κ2) is 5.46. The molecule has 4 rings (SSSR count). The molecule has 1 heterocycles. The van der Waals surface area contributed by atoms with Crippen LogP contribution in [0.1, 0.15) is 21.5 Å². The van der Waals surface area contributed by atoms with Crippen LogP contribution in [0.25, 0.3) is 10.1 Å². The summed E-state index contributed by atoms with van der Waals surface area (Å²) >= 11 is 1.61. The summed E-state index contributed by atoms with van der Waals surface area (Å²) in [5.74, 6) is -1.35. The zero-order valence-corrected chi connectivity index (χ0v) is 13.6. The summed E-state index contributed by atoms with van der Waals surface area (Å²) in [4.78, 5) is 24.6. The Hall–Kier alpha value is -2.66. The average Bonchev–Trinajstić information content (AvgIpc) is 3.18. The van der Waals surface area contributed by atoms with Crippen LogP contribution in [0.5, 0.6) is 0 Å². The van der Waals surface area contributed by atoms with Gasteiger partial charge in [0.05, 0.1) is 0 Å². The number of hydrogen-bond donors (Lipinski definition) is 2. The summed E-state index contributed by atoms with van der Waals surface area (Å²) < 4.78 is 1.10. The minimum absolute atomic E-state index is 0.310. The van der Waals surface area contributed by atoms with Crippen molar-refractivity contribution in [3.8, 4) is 0 Å². The third-order valence-corrected chi connectivity index (χ3v) is 5.48. The predicted molar refractivity (Wildman–Crippen MR) is 93.5 cm³/mol. The Labute approximate surface area is 142 Å². The molecule has 0 atom stereocenters. The molecule has 120 valence electrons. The Morgan fingerprint density at radius 1 is 1.04 bits per heavy atom. The van der Waals surface area contributed by atoms with Crippen LogP contribution in [0.15, 0.2) is 53.9 Å².